The number of likely N-dealkylation sites (tertiary alicyclic amines) is 1. The first-order valence-electron chi connectivity index (χ1n) is 11.5. The number of aliphatic carboxylic acids is 1. The molecule has 2 amide bonds. The summed E-state index contributed by atoms with van der Waals surface area (Å²) >= 11 is 0. The number of hydrogen-bond donors (Lipinski definition) is 2. The van der Waals surface area contributed by atoms with Gasteiger partial charge in [-0.05, 0) is 49.4 Å². The molecular formula is C26H30N2O6. The highest BCUT2D eigenvalue weighted by Gasteiger charge is 2.39. The van der Waals surface area contributed by atoms with Gasteiger partial charge in [0.25, 0.3) is 0 Å². The van der Waals surface area contributed by atoms with E-state index < -0.39 is 35.7 Å². The Morgan fingerprint density at radius 3 is 2.18 bits per heavy atom. The maximum absolute atomic E-state index is 12.6. The predicted molar refractivity (Wildman–Crippen MR) is 126 cm³/mol. The van der Waals surface area contributed by atoms with Crippen LogP contribution in [0.3, 0.4) is 0 Å². The molecule has 34 heavy (non-hydrogen) atoms. The van der Waals surface area contributed by atoms with E-state index in [-0.39, 0.29) is 25.6 Å². The maximum atomic E-state index is 12.6. The van der Waals surface area contributed by atoms with Crippen molar-refractivity contribution in [3.8, 4) is 11.1 Å². The maximum Gasteiger partial charge on any atom is 0.410 e. The van der Waals surface area contributed by atoms with E-state index in [1.807, 2.05) is 36.4 Å². The van der Waals surface area contributed by atoms with Gasteiger partial charge in [0.1, 0.15) is 12.2 Å². The molecule has 4 rings (SSSR count). The number of carbonyl (C=O) groups excluding carboxylic acids is 2. The highest BCUT2D eigenvalue weighted by molar-refractivity contribution is 5.79. The molecule has 0 aromatic heterocycles. The van der Waals surface area contributed by atoms with Crippen LogP contribution in [0.15, 0.2) is 48.5 Å². The summed E-state index contributed by atoms with van der Waals surface area (Å²) < 4.78 is 10.9. The van der Waals surface area contributed by atoms with Crippen molar-refractivity contribution in [2.45, 2.75) is 44.8 Å². The quantitative estimate of drug-likeness (QED) is 0.699. The third kappa shape index (κ3) is 5.00. The van der Waals surface area contributed by atoms with Crippen LogP contribution in [0.2, 0.25) is 0 Å². The van der Waals surface area contributed by atoms with Crippen LogP contribution < -0.4 is 5.32 Å². The lowest BCUT2D eigenvalue weighted by Crippen LogP contribution is -2.55. The lowest BCUT2D eigenvalue weighted by molar-refractivity contribution is -0.144. The average Bonchev–Trinajstić information content (AvgIpc) is 3.10. The minimum atomic E-state index is -1.09. The van der Waals surface area contributed by atoms with Crippen molar-refractivity contribution in [3.63, 3.8) is 0 Å². The number of rotatable bonds is 4. The number of ether oxygens (including phenoxy) is 2. The summed E-state index contributed by atoms with van der Waals surface area (Å²) in [6.07, 6.45) is -0.928. The topological polar surface area (TPSA) is 105 Å². The molecule has 2 atom stereocenters. The van der Waals surface area contributed by atoms with E-state index in [0.717, 1.165) is 22.3 Å². The van der Waals surface area contributed by atoms with Gasteiger partial charge in [-0.2, -0.15) is 0 Å². The van der Waals surface area contributed by atoms with Gasteiger partial charge in [-0.3, -0.25) is 4.79 Å². The monoisotopic (exact) mass is 466 g/mol. The number of nitrogens with zero attached hydrogens (tertiary/aromatic N) is 1. The standard InChI is InChI=1S/C26H30N2O6/c1-26(2,3)34-25(32)28-13-12-22(20(14-28)23(29)30)27-24(31)33-15-21-18-10-6-4-8-16(18)17-9-5-7-11-19(17)21/h4-11,20-22H,12-15H2,1-3H3,(H,27,31)(H,29,30)/t20-,22+/m0/s1. The van der Waals surface area contributed by atoms with Crippen molar-refractivity contribution in [3.05, 3.63) is 59.7 Å². The first-order valence-corrected chi connectivity index (χ1v) is 11.5. The number of carboxylic acids is 1. The number of nitrogens with one attached hydrogen (secondary N) is 1. The Bertz CT molecular complexity index is 1050. The van der Waals surface area contributed by atoms with Gasteiger partial charge in [0.2, 0.25) is 0 Å². The molecule has 0 spiro atoms. The zero-order chi connectivity index (χ0) is 24.5. The number of carboxylic acid groups (broad SMARTS) is 1. The van der Waals surface area contributed by atoms with E-state index in [9.17, 15) is 19.5 Å². The molecule has 8 nitrogen and oxygen atoms in total. The Hall–Kier alpha value is -3.55. The van der Waals surface area contributed by atoms with Crippen LogP contribution in [0.1, 0.15) is 44.2 Å². The fourth-order valence-corrected chi connectivity index (χ4v) is 4.66. The van der Waals surface area contributed by atoms with Crippen LogP contribution in [-0.4, -0.2) is 59.5 Å². The molecule has 2 aromatic rings. The third-order valence-corrected chi connectivity index (χ3v) is 6.23. The smallest absolute Gasteiger partial charge is 0.410 e. The van der Waals surface area contributed by atoms with E-state index >= 15 is 0 Å². The van der Waals surface area contributed by atoms with Crippen molar-refractivity contribution in [2.75, 3.05) is 19.7 Å². The molecule has 180 valence electrons. The lowest BCUT2D eigenvalue weighted by atomic mass is 9.92. The Kier molecular flexibility index (Phi) is 6.50. The molecule has 2 aromatic carbocycles. The molecule has 0 unspecified atom stereocenters. The van der Waals surface area contributed by atoms with E-state index in [1.54, 1.807) is 20.8 Å². The van der Waals surface area contributed by atoms with E-state index in [4.69, 9.17) is 9.47 Å². The summed E-state index contributed by atoms with van der Waals surface area (Å²) in [6.45, 7) is 5.65. The van der Waals surface area contributed by atoms with Crippen LogP contribution in [-0.2, 0) is 14.3 Å². The fourth-order valence-electron chi connectivity index (χ4n) is 4.66. The van der Waals surface area contributed by atoms with Crippen LogP contribution >= 0.6 is 0 Å². The number of alkyl carbamates (subject to hydrolysis) is 1. The second-order valence-electron chi connectivity index (χ2n) is 9.74. The van der Waals surface area contributed by atoms with E-state index in [0.29, 0.717) is 6.42 Å². The largest absolute Gasteiger partial charge is 0.481 e. The normalized spacial score (nSPS) is 19.7. The molecule has 8 heteroatoms. The Morgan fingerprint density at radius 1 is 1.03 bits per heavy atom. The fraction of sp³-hybridized carbons (Fsp3) is 0.423. The summed E-state index contributed by atoms with van der Waals surface area (Å²) in [4.78, 5) is 38.2. The Morgan fingerprint density at radius 2 is 1.62 bits per heavy atom. The molecule has 0 radical (unpaired) electrons. The lowest BCUT2D eigenvalue weighted by Gasteiger charge is -2.37. The second kappa shape index (κ2) is 9.37. The number of carbonyl (C=O) groups is 3. The van der Waals surface area contributed by atoms with Crippen LogP contribution in [0.5, 0.6) is 0 Å². The van der Waals surface area contributed by atoms with Crippen molar-refractivity contribution >= 4 is 18.2 Å². The number of benzene rings is 2. The molecule has 1 aliphatic heterocycles. The summed E-state index contributed by atoms with van der Waals surface area (Å²) in [7, 11) is 0. The second-order valence-corrected chi connectivity index (χ2v) is 9.74. The van der Waals surface area contributed by atoms with E-state index in [2.05, 4.69) is 17.4 Å². The van der Waals surface area contributed by atoms with Crippen molar-refractivity contribution in [1.82, 2.24) is 10.2 Å². The van der Waals surface area contributed by atoms with Crippen LogP contribution in [0, 0.1) is 5.92 Å². The zero-order valence-corrected chi connectivity index (χ0v) is 19.6. The van der Waals surface area contributed by atoms with Crippen molar-refractivity contribution < 1.29 is 29.0 Å². The summed E-state index contributed by atoms with van der Waals surface area (Å²) in [5.41, 5.74) is 3.79. The molecule has 1 saturated heterocycles. The van der Waals surface area contributed by atoms with Gasteiger partial charge in [0.05, 0.1) is 5.92 Å². The number of amides is 2. The van der Waals surface area contributed by atoms with Gasteiger partial charge in [0, 0.05) is 25.0 Å². The molecule has 1 aliphatic carbocycles. The molecule has 1 fully saturated rings. The SMILES string of the molecule is CC(C)(C)OC(=O)N1CC[C@@H](NC(=O)OCC2c3ccccc3-c3ccccc32)[C@@H](C(=O)O)C1. The first kappa shape index (κ1) is 23.6. The molecule has 0 saturated carbocycles. The summed E-state index contributed by atoms with van der Waals surface area (Å²) in [5.74, 6) is -2.12. The average molecular weight is 467 g/mol. The minimum absolute atomic E-state index is 0.0431. The van der Waals surface area contributed by atoms with Gasteiger partial charge >= 0.3 is 18.2 Å². The van der Waals surface area contributed by atoms with Gasteiger partial charge in [0.15, 0.2) is 0 Å². The van der Waals surface area contributed by atoms with Crippen molar-refractivity contribution in [1.29, 1.82) is 0 Å². The molecule has 2 N–H and O–H groups in total. The first-order chi connectivity index (χ1) is 16.1. The molecule has 2 aliphatic rings. The van der Waals surface area contributed by atoms with Gasteiger partial charge in [-0.25, -0.2) is 9.59 Å². The van der Waals surface area contributed by atoms with Gasteiger partial charge < -0.3 is 24.8 Å². The highest BCUT2D eigenvalue weighted by atomic mass is 16.6. The Labute approximate surface area is 198 Å². The highest BCUT2D eigenvalue weighted by Crippen LogP contribution is 2.44. The number of piperidine rings is 1. The number of hydrogen-bond acceptors (Lipinski definition) is 5. The number of fused-ring (bicyclic) bond motifs is 3. The van der Waals surface area contributed by atoms with E-state index in [1.165, 1.54) is 4.90 Å². The molecule has 1 heterocycles. The van der Waals surface area contributed by atoms with Gasteiger partial charge in [-0.1, -0.05) is 48.5 Å². The van der Waals surface area contributed by atoms with Crippen LogP contribution in [0.25, 0.3) is 11.1 Å². The molecule has 0 bridgehead atoms. The Balaban J connectivity index is 1.38. The zero-order valence-electron chi connectivity index (χ0n) is 19.6. The minimum Gasteiger partial charge on any atom is -0.481 e. The third-order valence-electron chi connectivity index (χ3n) is 6.23. The summed E-state index contributed by atoms with van der Waals surface area (Å²) in [6, 6.07) is 15.5. The predicted octanol–water partition coefficient (Wildman–Crippen LogP) is 4.24. The van der Waals surface area contributed by atoms with Crippen molar-refractivity contribution in [2.24, 2.45) is 5.92 Å². The van der Waals surface area contributed by atoms with Crippen LogP contribution in [0.4, 0.5) is 9.59 Å². The van der Waals surface area contributed by atoms with Gasteiger partial charge in [-0.15, -0.1) is 0 Å². The summed E-state index contributed by atoms with van der Waals surface area (Å²) in [5, 5.41) is 12.4. The molecular weight excluding hydrogens is 436 g/mol.